The number of carbonyl (C=O) groups is 1. The minimum absolute atomic E-state index is 0.143. The van der Waals surface area contributed by atoms with Gasteiger partial charge in [0.2, 0.25) is 0 Å². The molecule has 96 valence electrons. The summed E-state index contributed by atoms with van der Waals surface area (Å²) in [5, 5.41) is 11.4. The standard InChI is InChI=1S/C13H27NO2/c1-4-7-9-11(6-3)10-12(8-5-2)14-13(15)16/h11-12,14H,4-10H2,1-3H3,(H,15,16). The minimum atomic E-state index is -0.885. The van der Waals surface area contributed by atoms with E-state index in [9.17, 15) is 4.79 Å². The van der Waals surface area contributed by atoms with Crippen molar-refractivity contribution >= 4 is 6.09 Å². The molecule has 0 aliphatic rings. The van der Waals surface area contributed by atoms with Crippen molar-refractivity contribution in [1.29, 1.82) is 0 Å². The normalized spacial score (nSPS) is 14.4. The van der Waals surface area contributed by atoms with Crippen molar-refractivity contribution in [2.75, 3.05) is 0 Å². The zero-order chi connectivity index (χ0) is 12.4. The number of hydrogen-bond acceptors (Lipinski definition) is 1. The van der Waals surface area contributed by atoms with Gasteiger partial charge in [0.05, 0.1) is 0 Å². The fraction of sp³-hybridized carbons (Fsp3) is 0.923. The quantitative estimate of drug-likeness (QED) is 0.627. The highest BCUT2D eigenvalue weighted by molar-refractivity contribution is 5.64. The first kappa shape index (κ1) is 15.3. The third kappa shape index (κ3) is 7.55. The summed E-state index contributed by atoms with van der Waals surface area (Å²) in [7, 11) is 0. The van der Waals surface area contributed by atoms with Crippen molar-refractivity contribution in [1.82, 2.24) is 5.32 Å². The number of rotatable bonds is 9. The van der Waals surface area contributed by atoms with Crippen LogP contribution in [-0.2, 0) is 0 Å². The Labute approximate surface area is 99.6 Å². The molecule has 0 spiro atoms. The molecule has 3 nitrogen and oxygen atoms in total. The van der Waals surface area contributed by atoms with Gasteiger partial charge >= 0.3 is 6.09 Å². The van der Waals surface area contributed by atoms with E-state index in [0.717, 1.165) is 25.7 Å². The first-order chi connectivity index (χ1) is 7.63. The Bertz CT molecular complexity index is 183. The summed E-state index contributed by atoms with van der Waals surface area (Å²) in [5.74, 6) is 0.670. The lowest BCUT2D eigenvalue weighted by Crippen LogP contribution is -2.35. The van der Waals surface area contributed by atoms with Gasteiger partial charge in [-0.15, -0.1) is 0 Å². The summed E-state index contributed by atoms with van der Waals surface area (Å²) < 4.78 is 0. The molecule has 2 N–H and O–H groups in total. The lowest BCUT2D eigenvalue weighted by molar-refractivity contribution is 0.185. The second-order valence-electron chi connectivity index (χ2n) is 4.59. The molecule has 0 rings (SSSR count). The molecule has 0 aliphatic carbocycles. The maximum absolute atomic E-state index is 10.7. The molecular weight excluding hydrogens is 202 g/mol. The van der Waals surface area contributed by atoms with E-state index in [4.69, 9.17) is 5.11 Å². The Hall–Kier alpha value is -0.730. The van der Waals surface area contributed by atoms with Crippen LogP contribution < -0.4 is 5.32 Å². The van der Waals surface area contributed by atoms with Crippen LogP contribution >= 0.6 is 0 Å². The molecule has 2 unspecified atom stereocenters. The van der Waals surface area contributed by atoms with Gasteiger partial charge in [-0.05, 0) is 18.8 Å². The van der Waals surface area contributed by atoms with Crippen LogP contribution in [-0.4, -0.2) is 17.2 Å². The van der Waals surface area contributed by atoms with Crippen LogP contribution in [0, 0.1) is 5.92 Å². The molecule has 0 heterocycles. The molecule has 0 aromatic rings. The summed E-state index contributed by atoms with van der Waals surface area (Å²) in [5.41, 5.74) is 0. The van der Waals surface area contributed by atoms with E-state index in [1.165, 1.54) is 19.3 Å². The minimum Gasteiger partial charge on any atom is -0.465 e. The molecule has 0 bridgehead atoms. The highest BCUT2D eigenvalue weighted by Crippen LogP contribution is 2.20. The summed E-state index contributed by atoms with van der Waals surface area (Å²) in [6, 6.07) is 0.143. The molecule has 0 aromatic heterocycles. The van der Waals surface area contributed by atoms with Crippen LogP contribution in [0.3, 0.4) is 0 Å². The third-order valence-corrected chi connectivity index (χ3v) is 3.13. The Morgan fingerprint density at radius 2 is 1.88 bits per heavy atom. The van der Waals surface area contributed by atoms with Gasteiger partial charge in [0.1, 0.15) is 0 Å². The largest absolute Gasteiger partial charge is 0.465 e. The van der Waals surface area contributed by atoms with Crippen LogP contribution in [0.2, 0.25) is 0 Å². The SMILES string of the molecule is CCCCC(CC)CC(CCC)NC(=O)O. The molecule has 0 aromatic carbocycles. The Morgan fingerprint density at radius 1 is 1.19 bits per heavy atom. The second-order valence-corrected chi connectivity index (χ2v) is 4.59. The highest BCUT2D eigenvalue weighted by Gasteiger charge is 2.15. The van der Waals surface area contributed by atoms with E-state index < -0.39 is 6.09 Å². The van der Waals surface area contributed by atoms with Crippen molar-refractivity contribution in [3.05, 3.63) is 0 Å². The van der Waals surface area contributed by atoms with Gasteiger partial charge in [-0.1, -0.05) is 52.9 Å². The number of amides is 1. The monoisotopic (exact) mass is 229 g/mol. The lowest BCUT2D eigenvalue weighted by atomic mass is 9.90. The first-order valence-electron chi connectivity index (χ1n) is 6.63. The topological polar surface area (TPSA) is 49.3 Å². The molecule has 16 heavy (non-hydrogen) atoms. The number of unbranched alkanes of at least 4 members (excludes halogenated alkanes) is 1. The molecule has 0 saturated heterocycles. The Balaban J connectivity index is 4.05. The summed E-state index contributed by atoms with van der Waals surface area (Å²) in [6.45, 7) is 6.50. The predicted octanol–water partition coefficient (Wildman–Crippen LogP) is 4.03. The van der Waals surface area contributed by atoms with Crippen LogP contribution in [0.4, 0.5) is 4.79 Å². The molecule has 3 heteroatoms. The second kappa shape index (κ2) is 9.49. The zero-order valence-electron chi connectivity index (χ0n) is 11.0. The molecular formula is C13H27NO2. The van der Waals surface area contributed by atoms with E-state index >= 15 is 0 Å². The van der Waals surface area contributed by atoms with E-state index in [2.05, 4.69) is 26.1 Å². The molecule has 0 aliphatic heterocycles. The Morgan fingerprint density at radius 3 is 2.31 bits per heavy atom. The van der Waals surface area contributed by atoms with E-state index in [1.54, 1.807) is 0 Å². The van der Waals surface area contributed by atoms with Crippen LogP contribution in [0.15, 0.2) is 0 Å². The van der Waals surface area contributed by atoms with Crippen LogP contribution in [0.1, 0.15) is 65.7 Å². The average Bonchev–Trinajstić information content (AvgIpc) is 2.23. The van der Waals surface area contributed by atoms with Gasteiger partial charge in [-0.3, -0.25) is 0 Å². The van der Waals surface area contributed by atoms with Crippen LogP contribution in [0.5, 0.6) is 0 Å². The van der Waals surface area contributed by atoms with Crippen molar-refractivity contribution in [3.8, 4) is 0 Å². The van der Waals surface area contributed by atoms with Gasteiger partial charge in [-0.2, -0.15) is 0 Å². The van der Waals surface area contributed by atoms with Crippen molar-refractivity contribution in [3.63, 3.8) is 0 Å². The fourth-order valence-corrected chi connectivity index (χ4v) is 2.16. The molecule has 0 saturated carbocycles. The van der Waals surface area contributed by atoms with E-state index in [1.807, 2.05) is 0 Å². The lowest BCUT2D eigenvalue weighted by Gasteiger charge is -2.22. The van der Waals surface area contributed by atoms with Gasteiger partial charge < -0.3 is 10.4 Å². The number of hydrogen-bond donors (Lipinski definition) is 2. The van der Waals surface area contributed by atoms with E-state index in [-0.39, 0.29) is 6.04 Å². The predicted molar refractivity (Wildman–Crippen MR) is 67.8 cm³/mol. The summed E-state index contributed by atoms with van der Waals surface area (Å²) in [4.78, 5) is 10.7. The van der Waals surface area contributed by atoms with Crippen LogP contribution in [0.25, 0.3) is 0 Å². The molecule has 1 amide bonds. The van der Waals surface area contributed by atoms with E-state index in [0.29, 0.717) is 5.92 Å². The smallest absolute Gasteiger partial charge is 0.404 e. The van der Waals surface area contributed by atoms with Gasteiger partial charge in [-0.25, -0.2) is 4.79 Å². The molecule has 2 atom stereocenters. The fourth-order valence-electron chi connectivity index (χ4n) is 2.16. The summed E-state index contributed by atoms with van der Waals surface area (Å²) in [6.07, 6.45) is 6.96. The third-order valence-electron chi connectivity index (χ3n) is 3.13. The first-order valence-corrected chi connectivity index (χ1v) is 6.63. The maximum Gasteiger partial charge on any atom is 0.404 e. The van der Waals surface area contributed by atoms with Gasteiger partial charge in [0.15, 0.2) is 0 Å². The van der Waals surface area contributed by atoms with Gasteiger partial charge in [0, 0.05) is 6.04 Å². The average molecular weight is 229 g/mol. The van der Waals surface area contributed by atoms with Crippen molar-refractivity contribution in [2.45, 2.75) is 71.8 Å². The molecule has 0 fully saturated rings. The van der Waals surface area contributed by atoms with Crippen molar-refractivity contribution < 1.29 is 9.90 Å². The summed E-state index contributed by atoms with van der Waals surface area (Å²) >= 11 is 0. The Kier molecular flexibility index (Phi) is 9.06. The van der Waals surface area contributed by atoms with Crippen molar-refractivity contribution in [2.24, 2.45) is 5.92 Å². The number of carboxylic acid groups (broad SMARTS) is 1. The zero-order valence-corrected chi connectivity index (χ0v) is 11.0. The number of nitrogens with one attached hydrogen (secondary N) is 1. The van der Waals surface area contributed by atoms with Gasteiger partial charge in [0.25, 0.3) is 0 Å². The maximum atomic E-state index is 10.7. The molecule has 0 radical (unpaired) electrons. The highest BCUT2D eigenvalue weighted by atomic mass is 16.4.